The van der Waals surface area contributed by atoms with Gasteiger partial charge in [0.2, 0.25) is 0 Å². The van der Waals surface area contributed by atoms with E-state index in [0.717, 1.165) is 11.1 Å². The topological polar surface area (TPSA) is 32.3 Å². The summed E-state index contributed by atoms with van der Waals surface area (Å²) in [7, 11) is -0.504. The quantitative estimate of drug-likeness (QED) is 0.239. The predicted octanol–water partition coefficient (Wildman–Crippen LogP) is 6.99. The molecule has 3 heteroatoms. The van der Waals surface area contributed by atoms with Gasteiger partial charge >= 0.3 is 0 Å². The van der Waals surface area contributed by atoms with Gasteiger partial charge in [0.25, 0.3) is 0 Å². The molecule has 1 fully saturated rings. The summed E-state index contributed by atoms with van der Waals surface area (Å²) >= 11 is 0. The first kappa shape index (κ1) is 25.9. The third-order valence-electron chi connectivity index (χ3n) is 8.04. The van der Waals surface area contributed by atoms with E-state index in [2.05, 4.69) is 104 Å². The summed E-state index contributed by atoms with van der Waals surface area (Å²) in [6.45, 7) is 4.79. The average molecular weight is 508 g/mol. The van der Waals surface area contributed by atoms with Crippen LogP contribution in [-0.2, 0) is 0 Å². The minimum Gasteiger partial charge on any atom is -0.386 e. The molecule has 0 heterocycles. The predicted molar refractivity (Wildman–Crippen MR) is 158 cm³/mol. The van der Waals surface area contributed by atoms with E-state index in [-0.39, 0.29) is 12.1 Å². The molecule has 0 bridgehead atoms. The lowest BCUT2D eigenvalue weighted by atomic mass is 9.92. The molecule has 2 unspecified atom stereocenters. The highest BCUT2D eigenvalue weighted by molar-refractivity contribution is 7.73. The van der Waals surface area contributed by atoms with Gasteiger partial charge in [0.15, 0.2) is 0 Å². The van der Waals surface area contributed by atoms with E-state index in [9.17, 15) is 5.11 Å². The maximum Gasteiger partial charge on any atom is 0.0984 e. The van der Waals surface area contributed by atoms with Gasteiger partial charge in [0.1, 0.15) is 0 Å². The Kier molecular flexibility index (Phi) is 8.52. The van der Waals surface area contributed by atoms with Crippen LogP contribution in [0.5, 0.6) is 0 Å². The third kappa shape index (κ3) is 5.88. The van der Waals surface area contributed by atoms with Crippen LogP contribution in [0.1, 0.15) is 50.0 Å². The van der Waals surface area contributed by atoms with E-state index < -0.39 is 14.0 Å². The fourth-order valence-corrected chi connectivity index (χ4v) is 9.58. The Morgan fingerprint density at radius 1 is 0.676 bits per heavy atom. The Bertz CT molecular complexity index is 1180. The Hall–Kier alpha value is -2.77. The maximum atomic E-state index is 11.6. The van der Waals surface area contributed by atoms with E-state index >= 15 is 0 Å². The molecule has 190 valence electrons. The second-order valence-corrected chi connectivity index (χ2v) is 12.8. The van der Waals surface area contributed by atoms with Crippen LogP contribution in [0.3, 0.4) is 0 Å². The molecule has 5 rings (SSSR count). The van der Waals surface area contributed by atoms with E-state index in [1.807, 2.05) is 36.4 Å². The molecule has 1 aliphatic carbocycles. The van der Waals surface area contributed by atoms with Crippen LogP contribution < -0.4 is 15.9 Å². The fraction of sp³-hybridized carbons (Fsp3) is 0.294. The zero-order chi connectivity index (χ0) is 25.6. The standard InChI is InChI=1S/C34H38NOP/c1-25-23-24-31(34(25)37(29-19-11-5-12-20-29)30-21-13-6-14-22-30)26(2)35-32(27-15-7-3-8-16-27)33(36)28-17-9-4-10-18-28/h3-22,25-26,31-36H,23-24H2,1-2H3/t25?,26-,31+,32+,33+,34?/m1/s1. The first-order valence-corrected chi connectivity index (χ1v) is 15.0. The molecule has 37 heavy (non-hydrogen) atoms. The summed E-state index contributed by atoms with van der Waals surface area (Å²) in [5.74, 6) is 1.17. The smallest absolute Gasteiger partial charge is 0.0984 e. The van der Waals surface area contributed by atoms with Crippen LogP contribution >= 0.6 is 7.92 Å². The van der Waals surface area contributed by atoms with E-state index in [0.29, 0.717) is 17.5 Å². The Balaban J connectivity index is 1.47. The van der Waals surface area contributed by atoms with Gasteiger partial charge in [-0.25, -0.2) is 0 Å². The molecule has 0 aromatic heterocycles. The molecule has 0 saturated heterocycles. The van der Waals surface area contributed by atoms with Crippen molar-refractivity contribution >= 4 is 18.5 Å². The summed E-state index contributed by atoms with van der Waals surface area (Å²) in [5, 5.41) is 18.4. The van der Waals surface area contributed by atoms with Crippen LogP contribution in [0.25, 0.3) is 0 Å². The molecule has 2 N–H and O–H groups in total. The molecule has 0 radical (unpaired) electrons. The first-order chi connectivity index (χ1) is 18.1. The van der Waals surface area contributed by atoms with Gasteiger partial charge in [-0.3, -0.25) is 0 Å². The fourth-order valence-electron chi connectivity index (χ4n) is 6.16. The van der Waals surface area contributed by atoms with Gasteiger partial charge in [-0.2, -0.15) is 0 Å². The van der Waals surface area contributed by atoms with E-state index in [4.69, 9.17) is 0 Å². The van der Waals surface area contributed by atoms with Crippen molar-refractivity contribution in [3.05, 3.63) is 132 Å². The van der Waals surface area contributed by atoms with Crippen molar-refractivity contribution in [1.82, 2.24) is 5.32 Å². The largest absolute Gasteiger partial charge is 0.386 e. The van der Waals surface area contributed by atoms with Crippen molar-refractivity contribution in [2.45, 2.75) is 50.5 Å². The van der Waals surface area contributed by atoms with Crippen molar-refractivity contribution in [3.8, 4) is 0 Å². The number of aliphatic hydroxyl groups excluding tert-OH is 1. The summed E-state index contributed by atoms with van der Waals surface area (Å²) in [4.78, 5) is 0. The summed E-state index contributed by atoms with van der Waals surface area (Å²) < 4.78 is 0. The van der Waals surface area contributed by atoms with Gasteiger partial charge in [-0.1, -0.05) is 128 Å². The van der Waals surface area contributed by atoms with Crippen LogP contribution in [0.15, 0.2) is 121 Å². The molecule has 0 aliphatic heterocycles. The molecule has 0 amide bonds. The van der Waals surface area contributed by atoms with Crippen molar-refractivity contribution in [3.63, 3.8) is 0 Å². The highest BCUT2D eigenvalue weighted by Gasteiger charge is 2.43. The van der Waals surface area contributed by atoms with E-state index in [1.165, 1.54) is 23.5 Å². The minimum absolute atomic E-state index is 0.171. The second-order valence-electron chi connectivity index (χ2n) is 10.4. The SMILES string of the molecule is CC1CC[C@@H]([C@@H](C)N[C@@H](c2ccccc2)[C@@H](O)c2ccccc2)C1P(c1ccccc1)c1ccccc1. The number of rotatable bonds is 9. The lowest BCUT2D eigenvalue weighted by Crippen LogP contribution is -2.43. The van der Waals surface area contributed by atoms with E-state index in [1.54, 1.807) is 0 Å². The number of aliphatic hydroxyl groups is 1. The molecule has 2 nitrogen and oxygen atoms in total. The van der Waals surface area contributed by atoms with Crippen molar-refractivity contribution in [1.29, 1.82) is 0 Å². The number of hydrogen-bond acceptors (Lipinski definition) is 2. The van der Waals surface area contributed by atoms with Gasteiger partial charge in [0.05, 0.1) is 12.1 Å². The number of nitrogens with one attached hydrogen (secondary N) is 1. The van der Waals surface area contributed by atoms with Gasteiger partial charge < -0.3 is 10.4 Å². The lowest BCUT2D eigenvalue weighted by molar-refractivity contribution is 0.117. The molecule has 4 aromatic rings. The van der Waals surface area contributed by atoms with Crippen LogP contribution in [-0.4, -0.2) is 16.8 Å². The first-order valence-electron chi connectivity index (χ1n) is 13.6. The summed E-state index contributed by atoms with van der Waals surface area (Å²) in [6, 6.07) is 42.9. The maximum absolute atomic E-state index is 11.6. The van der Waals surface area contributed by atoms with Crippen molar-refractivity contribution in [2.75, 3.05) is 0 Å². The lowest BCUT2D eigenvalue weighted by Gasteiger charge is -2.38. The van der Waals surface area contributed by atoms with Crippen molar-refractivity contribution < 1.29 is 5.11 Å². The Labute approximate surface area is 223 Å². The third-order valence-corrected chi connectivity index (χ3v) is 11.2. The minimum atomic E-state index is -0.618. The Morgan fingerprint density at radius 3 is 1.65 bits per heavy atom. The van der Waals surface area contributed by atoms with Gasteiger partial charge in [-0.05, 0) is 66.9 Å². The monoisotopic (exact) mass is 507 g/mol. The zero-order valence-corrected chi connectivity index (χ0v) is 22.7. The van der Waals surface area contributed by atoms with Gasteiger partial charge in [-0.15, -0.1) is 0 Å². The summed E-state index contributed by atoms with van der Waals surface area (Å²) in [6.07, 6.45) is 1.84. The number of benzene rings is 4. The summed E-state index contributed by atoms with van der Waals surface area (Å²) in [5.41, 5.74) is 2.65. The van der Waals surface area contributed by atoms with Crippen LogP contribution in [0.4, 0.5) is 0 Å². The number of hydrogen-bond donors (Lipinski definition) is 2. The molecule has 1 aliphatic rings. The average Bonchev–Trinajstić information content (AvgIpc) is 3.34. The second kappa shape index (κ2) is 12.2. The van der Waals surface area contributed by atoms with Gasteiger partial charge in [0, 0.05) is 6.04 Å². The highest BCUT2D eigenvalue weighted by atomic mass is 31.1. The highest BCUT2D eigenvalue weighted by Crippen LogP contribution is 2.53. The Morgan fingerprint density at radius 2 is 1.14 bits per heavy atom. The zero-order valence-electron chi connectivity index (χ0n) is 21.8. The molecular formula is C34H38NOP. The molecular weight excluding hydrogens is 469 g/mol. The molecule has 0 spiro atoms. The molecule has 4 aromatic carbocycles. The van der Waals surface area contributed by atoms with Crippen molar-refractivity contribution in [2.24, 2.45) is 11.8 Å². The van der Waals surface area contributed by atoms with Crippen LogP contribution in [0, 0.1) is 11.8 Å². The molecule has 1 saturated carbocycles. The molecule has 6 atom stereocenters. The normalized spacial score (nSPS) is 22.0. The van der Waals surface area contributed by atoms with Crippen LogP contribution in [0.2, 0.25) is 0 Å².